The van der Waals surface area contributed by atoms with Crippen LogP contribution in [0, 0.1) is 17.6 Å². The molecule has 0 aliphatic carbocycles. The fourth-order valence-electron chi connectivity index (χ4n) is 1.88. The lowest BCUT2D eigenvalue weighted by molar-refractivity contribution is 0.470. The fraction of sp³-hybridized carbons (Fsp3) is 0.615. The number of hydrogen-bond acceptors (Lipinski definition) is 4. The lowest BCUT2D eigenvalue weighted by atomic mass is 9.99. The van der Waals surface area contributed by atoms with Crippen LogP contribution < -0.4 is 16.6 Å². The molecule has 1 aromatic rings. The molecule has 0 fully saturated rings. The van der Waals surface area contributed by atoms with Crippen LogP contribution in [0.2, 0.25) is 0 Å². The molecule has 1 rings (SSSR count). The Morgan fingerprint density at radius 2 is 1.95 bits per heavy atom. The smallest absolute Gasteiger partial charge is 0.178 e. The van der Waals surface area contributed by atoms with Gasteiger partial charge in [-0.1, -0.05) is 33.1 Å². The van der Waals surface area contributed by atoms with Crippen molar-refractivity contribution in [2.75, 3.05) is 17.3 Å². The maximum atomic E-state index is 13.5. The van der Waals surface area contributed by atoms with Gasteiger partial charge in [0.25, 0.3) is 0 Å². The van der Waals surface area contributed by atoms with Crippen molar-refractivity contribution < 1.29 is 8.78 Å². The SMILES string of the molecule is CCCCC(CC)CNc1nc(NN)c(F)cc1F. The second-order valence-corrected chi connectivity index (χ2v) is 4.59. The Bertz CT molecular complexity index is 398. The Kier molecular flexibility index (Phi) is 6.49. The van der Waals surface area contributed by atoms with Gasteiger partial charge in [-0.2, -0.15) is 0 Å². The highest BCUT2D eigenvalue weighted by molar-refractivity contribution is 5.46. The van der Waals surface area contributed by atoms with E-state index in [4.69, 9.17) is 5.84 Å². The molecule has 0 radical (unpaired) electrons. The molecule has 108 valence electrons. The molecule has 1 heterocycles. The van der Waals surface area contributed by atoms with Crippen molar-refractivity contribution in [1.82, 2.24) is 4.98 Å². The van der Waals surface area contributed by atoms with Gasteiger partial charge in [0, 0.05) is 12.6 Å². The van der Waals surface area contributed by atoms with E-state index in [1.165, 1.54) is 0 Å². The Balaban J connectivity index is 2.65. The molecule has 1 unspecified atom stereocenters. The molecule has 0 aliphatic rings. The van der Waals surface area contributed by atoms with Crippen LogP contribution in [0.5, 0.6) is 0 Å². The first-order chi connectivity index (χ1) is 9.12. The molecule has 0 bridgehead atoms. The zero-order valence-electron chi connectivity index (χ0n) is 11.5. The number of rotatable bonds is 8. The molecule has 0 aliphatic heterocycles. The topological polar surface area (TPSA) is 63.0 Å². The van der Waals surface area contributed by atoms with Gasteiger partial charge < -0.3 is 10.7 Å². The molecule has 0 saturated carbocycles. The van der Waals surface area contributed by atoms with Gasteiger partial charge in [-0.15, -0.1) is 0 Å². The highest BCUT2D eigenvalue weighted by Gasteiger charge is 2.12. The summed E-state index contributed by atoms with van der Waals surface area (Å²) in [5, 5.41) is 2.93. The number of nitrogen functional groups attached to an aromatic ring is 1. The van der Waals surface area contributed by atoms with E-state index in [1.54, 1.807) is 0 Å². The monoisotopic (exact) mass is 272 g/mol. The third-order valence-electron chi connectivity index (χ3n) is 3.17. The summed E-state index contributed by atoms with van der Waals surface area (Å²) in [7, 11) is 0. The van der Waals surface area contributed by atoms with Crippen molar-refractivity contribution in [2.45, 2.75) is 39.5 Å². The number of nitrogens with two attached hydrogens (primary N) is 1. The molecule has 6 heteroatoms. The van der Waals surface area contributed by atoms with E-state index in [1.807, 2.05) is 0 Å². The van der Waals surface area contributed by atoms with E-state index < -0.39 is 11.6 Å². The summed E-state index contributed by atoms with van der Waals surface area (Å²) in [6.45, 7) is 4.86. The third-order valence-corrected chi connectivity index (χ3v) is 3.17. The maximum Gasteiger partial charge on any atom is 0.178 e. The molecule has 0 spiro atoms. The average Bonchev–Trinajstić information content (AvgIpc) is 2.41. The van der Waals surface area contributed by atoms with Gasteiger partial charge >= 0.3 is 0 Å². The van der Waals surface area contributed by atoms with Crippen molar-refractivity contribution >= 4 is 11.6 Å². The Morgan fingerprint density at radius 3 is 2.53 bits per heavy atom. The predicted octanol–water partition coefficient (Wildman–Crippen LogP) is 3.27. The molecule has 1 aromatic heterocycles. The highest BCUT2D eigenvalue weighted by atomic mass is 19.1. The largest absolute Gasteiger partial charge is 0.367 e. The minimum Gasteiger partial charge on any atom is -0.367 e. The first kappa shape index (κ1) is 15.6. The van der Waals surface area contributed by atoms with Crippen LogP contribution in [0.1, 0.15) is 39.5 Å². The van der Waals surface area contributed by atoms with E-state index in [-0.39, 0.29) is 11.6 Å². The molecular formula is C13H22F2N4. The van der Waals surface area contributed by atoms with Crippen LogP contribution >= 0.6 is 0 Å². The van der Waals surface area contributed by atoms with Crippen molar-refractivity contribution in [3.63, 3.8) is 0 Å². The molecule has 4 nitrogen and oxygen atoms in total. The zero-order valence-corrected chi connectivity index (χ0v) is 11.5. The van der Waals surface area contributed by atoms with Gasteiger partial charge in [0.1, 0.15) is 0 Å². The van der Waals surface area contributed by atoms with Gasteiger partial charge in [-0.25, -0.2) is 19.6 Å². The quantitative estimate of drug-likeness (QED) is 0.502. The molecule has 1 atom stereocenters. The molecule has 0 amide bonds. The lowest BCUT2D eigenvalue weighted by Crippen LogP contribution is -2.17. The van der Waals surface area contributed by atoms with E-state index in [2.05, 4.69) is 29.6 Å². The lowest BCUT2D eigenvalue weighted by Gasteiger charge is -2.16. The Labute approximate surface area is 112 Å². The summed E-state index contributed by atoms with van der Waals surface area (Å²) >= 11 is 0. The molecule has 0 aromatic carbocycles. The number of pyridine rings is 1. The minimum absolute atomic E-state index is 0.0318. The van der Waals surface area contributed by atoms with E-state index >= 15 is 0 Å². The number of hydrogen-bond donors (Lipinski definition) is 3. The van der Waals surface area contributed by atoms with Crippen molar-refractivity contribution in [3.8, 4) is 0 Å². The second kappa shape index (κ2) is 7.89. The van der Waals surface area contributed by atoms with Crippen LogP contribution in [0.3, 0.4) is 0 Å². The summed E-state index contributed by atoms with van der Waals surface area (Å²) in [4.78, 5) is 3.78. The molecular weight excluding hydrogens is 250 g/mol. The minimum atomic E-state index is -0.802. The van der Waals surface area contributed by atoms with Crippen LogP contribution in [-0.4, -0.2) is 11.5 Å². The molecule has 4 N–H and O–H groups in total. The van der Waals surface area contributed by atoms with E-state index in [9.17, 15) is 8.78 Å². The zero-order chi connectivity index (χ0) is 14.3. The fourth-order valence-corrected chi connectivity index (χ4v) is 1.88. The predicted molar refractivity (Wildman–Crippen MR) is 73.8 cm³/mol. The number of nitrogens with one attached hydrogen (secondary N) is 2. The average molecular weight is 272 g/mol. The van der Waals surface area contributed by atoms with E-state index in [0.29, 0.717) is 12.5 Å². The summed E-state index contributed by atoms with van der Waals surface area (Å²) in [6, 6.07) is 0.775. The third kappa shape index (κ3) is 4.63. The molecule has 19 heavy (non-hydrogen) atoms. The second-order valence-electron chi connectivity index (χ2n) is 4.59. The van der Waals surface area contributed by atoms with Crippen LogP contribution in [0.4, 0.5) is 20.4 Å². The van der Waals surface area contributed by atoms with Crippen molar-refractivity contribution in [1.29, 1.82) is 0 Å². The standard InChI is InChI=1S/C13H22F2N4/c1-3-5-6-9(4-2)8-17-12-10(14)7-11(15)13(18-12)19-16/h7,9H,3-6,8,16H2,1-2H3,(H2,17,18,19). The first-order valence-electron chi connectivity index (χ1n) is 6.68. The number of nitrogens with zero attached hydrogens (tertiary/aromatic N) is 1. The number of halogens is 2. The summed E-state index contributed by atoms with van der Waals surface area (Å²) < 4.78 is 26.7. The van der Waals surface area contributed by atoms with Crippen molar-refractivity contribution in [3.05, 3.63) is 17.7 Å². The Hall–Kier alpha value is -1.43. The highest BCUT2D eigenvalue weighted by Crippen LogP contribution is 2.20. The van der Waals surface area contributed by atoms with Crippen LogP contribution in [0.25, 0.3) is 0 Å². The maximum absolute atomic E-state index is 13.5. The number of anilines is 2. The normalized spacial score (nSPS) is 12.3. The first-order valence-corrected chi connectivity index (χ1v) is 6.68. The van der Waals surface area contributed by atoms with Gasteiger partial charge in [0.05, 0.1) is 0 Å². The Morgan fingerprint density at radius 1 is 1.26 bits per heavy atom. The van der Waals surface area contributed by atoms with Gasteiger partial charge in [-0.05, 0) is 12.3 Å². The van der Waals surface area contributed by atoms with E-state index in [0.717, 1.165) is 31.7 Å². The summed E-state index contributed by atoms with van der Waals surface area (Å²) in [5.74, 6) is 3.93. The van der Waals surface area contributed by atoms with Crippen LogP contribution in [0.15, 0.2) is 6.07 Å². The summed E-state index contributed by atoms with van der Waals surface area (Å²) in [5.41, 5.74) is 2.11. The van der Waals surface area contributed by atoms with Gasteiger partial charge in [0.15, 0.2) is 23.3 Å². The van der Waals surface area contributed by atoms with Gasteiger partial charge in [0.2, 0.25) is 0 Å². The van der Waals surface area contributed by atoms with Gasteiger partial charge in [-0.3, -0.25) is 0 Å². The number of aromatic nitrogens is 1. The van der Waals surface area contributed by atoms with Crippen LogP contribution in [-0.2, 0) is 0 Å². The number of unbranched alkanes of at least 4 members (excludes halogenated alkanes) is 1. The summed E-state index contributed by atoms with van der Waals surface area (Å²) in [6.07, 6.45) is 4.39. The number of hydrazine groups is 1. The van der Waals surface area contributed by atoms with Crippen molar-refractivity contribution in [2.24, 2.45) is 11.8 Å². The molecule has 0 saturated heterocycles.